The van der Waals surface area contributed by atoms with Gasteiger partial charge in [-0.3, -0.25) is 0 Å². The molecule has 0 amide bonds. The maximum absolute atomic E-state index is 10.2. The first-order valence-electron chi connectivity index (χ1n) is 4.96. The van der Waals surface area contributed by atoms with E-state index < -0.39 is 9.04 Å². The Morgan fingerprint density at radius 3 is 1.33 bits per heavy atom. The van der Waals surface area contributed by atoms with E-state index in [0.29, 0.717) is 0 Å². The fourth-order valence-corrected chi connectivity index (χ4v) is 4.33. The molecule has 2 heteroatoms. The highest BCUT2D eigenvalue weighted by atomic mass is 28.3. The minimum Gasteiger partial charge on any atom is -0.434 e. The first kappa shape index (κ1) is 12.2. The molecular weight excluding hydrogens is 164 g/mol. The Hall–Kier alpha value is 0.177. The van der Waals surface area contributed by atoms with Crippen molar-refractivity contribution >= 4 is 9.04 Å². The summed E-state index contributed by atoms with van der Waals surface area (Å²) in [5.74, 6) is 0. The van der Waals surface area contributed by atoms with Crippen LogP contribution >= 0.6 is 0 Å². The highest BCUT2D eigenvalue weighted by molar-refractivity contribution is 6.57. The molecule has 0 heterocycles. The van der Waals surface area contributed by atoms with Crippen molar-refractivity contribution in [3.8, 4) is 0 Å². The Morgan fingerprint density at radius 2 is 1.17 bits per heavy atom. The maximum Gasteiger partial charge on any atom is 0.183 e. The van der Waals surface area contributed by atoms with Crippen LogP contribution in [0.15, 0.2) is 0 Å². The standard InChI is InChI=1S/C10H24OSi/c1-7-9(3,4)12(11)10(5,6)8-2/h11-12H,7-8H2,1-6H3. The van der Waals surface area contributed by atoms with E-state index in [1.165, 1.54) is 0 Å². The second-order valence-corrected chi connectivity index (χ2v) is 9.02. The van der Waals surface area contributed by atoms with Gasteiger partial charge in [0.2, 0.25) is 0 Å². The quantitative estimate of drug-likeness (QED) is 0.672. The minimum absolute atomic E-state index is 0.180. The fourth-order valence-electron chi connectivity index (χ4n) is 1.44. The highest BCUT2D eigenvalue weighted by Crippen LogP contribution is 2.45. The summed E-state index contributed by atoms with van der Waals surface area (Å²) in [4.78, 5) is 10.2. The van der Waals surface area contributed by atoms with Crippen molar-refractivity contribution in [3.05, 3.63) is 0 Å². The summed E-state index contributed by atoms with van der Waals surface area (Å²) in [6.07, 6.45) is 2.17. The van der Waals surface area contributed by atoms with Gasteiger partial charge in [-0.15, -0.1) is 0 Å². The van der Waals surface area contributed by atoms with E-state index in [2.05, 4.69) is 41.5 Å². The van der Waals surface area contributed by atoms with E-state index in [-0.39, 0.29) is 10.1 Å². The van der Waals surface area contributed by atoms with Gasteiger partial charge in [-0.2, -0.15) is 0 Å². The zero-order valence-electron chi connectivity index (χ0n) is 9.44. The average Bonchev–Trinajstić information content (AvgIpc) is 2.03. The summed E-state index contributed by atoms with van der Waals surface area (Å²) in [5, 5.41) is 0.360. The summed E-state index contributed by atoms with van der Waals surface area (Å²) in [6.45, 7) is 13.1. The summed E-state index contributed by atoms with van der Waals surface area (Å²) in [7, 11) is -1.62. The molecule has 0 saturated heterocycles. The molecule has 0 aromatic rings. The van der Waals surface area contributed by atoms with Gasteiger partial charge in [0.05, 0.1) is 0 Å². The molecule has 0 aliphatic carbocycles. The molecule has 0 unspecified atom stereocenters. The molecule has 0 radical (unpaired) electrons. The van der Waals surface area contributed by atoms with Crippen molar-refractivity contribution in [2.45, 2.75) is 64.5 Å². The molecule has 0 saturated carbocycles. The van der Waals surface area contributed by atoms with Gasteiger partial charge in [0.15, 0.2) is 9.04 Å². The number of rotatable bonds is 4. The molecule has 0 aromatic heterocycles. The first-order chi connectivity index (χ1) is 5.28. The Morgan fingerprint density at radius 1 is 0.917 bits per heavy atom. The van der Waals surface area contributed by atoms with Crippen LogP contribution in [0.2, 0.25) is 10.1 Å². The molecule has 0 bridgehead atoms. The molecule has 0 aliphatic rings. The Kier molecular flexibility index (Phi) is 3.98. The molecular formula is C10H24OSi. The van der Waals surface area contributed by atoms with Crippen molar-refractivity contribution in [3.63, 3.8) is 0 Å². The molecule has 1 nitrogen and oxygen atoms in total. The fraction of sp³-hybridized carbons (Fsp3) is 1.00. The van der Waals surface area contributed by atoms with Crippen molar-refractivity contribution in [1.82, 2.24) is 0 Å². The third-order valence-corrected chi connectivity index (χ3v) is 7.08. The topological polar surface area (TPSA) is 20.2 Å². The van der Waals surface area contributed by atoms with Gasteiger partial charge in [0, 0.05) is 0 Å². The van der Waals surface area contributed by atoms with Gasteiger partial charge in [-0.25, -0.2) is 0 Å². The summed E-state index contributed by atoms with van der Waals surface area (Å²) in [6, 6.07) is 0. The van der Waals surface area contributed by atoms with Gasteiger partial charge >= 0.3 is 0 Å². The van der Waals surface area contributed by atoms with Crippen molar-refractivity contribution in [1.29, 1.82) is 0 Å². The van der Waals surface area contributed by atoms with E-state index in [9.17, 15) is 4.80 Å². The molecule has 12 heavy (non-hydrogen) atoms. The first-order valence-corrected chi connectivity index (χ1v) is 6.63. The highest BCUT2D eigenvalue weighted by Gasteiger charge is 2.39. The van der Waals surface area contributed by atoms with E-state index in [1.54, 1.807) is 0 Å². The van der Waals surface area contributed by atoms with E-state index in [1.807, 2.05) is 0 Å². The SMILES string of the molecule is CCC(C)(C)[SiH](O)C(C)(C)CC. The van der Waals surface area contributed by atoms with Crippen LogP contribution in [0.3, 0.4) is 0 Å². The zero-order chi connectivity index (χ0) is 9.99. The molecule has 0 aliphatic heterocycles. The lowest BCUT2D eigenvalue weighted by molar-refractivity contribution is 0.418. The lowest BCUT2D eigenvalue weighted by atomic mass is 10.1. The molecule has 0 atom stereocenters. The minimum atomic E-state index is -1.62. The molecule has 0 fully saturated rings. The predicted octanol–water partition coefficient (Wildman–Crippen LogP) is 3.08. The molecule has 1 N–H and O–H groups in total. The van der Waals surface area contributed by atoms with Crippen LogP contribution < -0.4 is 0 Å². The van der Waals surface area contributed by atoms with E-state index in [4.69, 9.17) is 0 Å². The molecule has 0 rings (SSSR count). The Labute approximate surface area is 78.9 Å². The Bertz CT molecular complexity index is 125. The molecule has 0 aromatic carbocycles. The summed E-state index contributed by atoms with van der Waals surface area (Å²) >= 11 is 0. The van der Waals surface area contributed by atoms with Crippen molar-refractivity contribution in [2.75, 3.05) is 0 Å². The predicted molar refractivity (Wildman–Crippen MR) is 58.0 cm³/mol. The van der Waals surface area contributed by atoms with Gasteiger partial charge in [0.25, 0.3) is 0 Å². The lowest BCUT2D eigenvalue weighted by Crippen LogP contribution is -2.37. The largest absolute Gasteiger partial charge is 0.434 e. The number of hydrogen-bond donors (Lipinski definition) is 1. The monoisotopic (exact) mass is 188 g/mol. The third-order valence-electron chi connectivity index (χ3n) is 3.30. The van der Waals surface area contributed by atoms with Crippen LogP contribution in [0.5, 0.6) is 0 Å². The Balaban J connectivity index is 4.47. The summed E-state index contributed by atoms with van der Waals surface area (Å²) < 4.78 is 0. The maximum atomic E-state index is 10.2. The van der Waals surface area contributed by atoms with Crippen LogP contribution in [-0.2, 0) is 0 Å². The van der Waals surface area contributed by atoms with Gasteiger partial charge in [-0.1, -0.05) is 54.4 Å². The average molecular weight is 188 g/mol. The lowest BCUT2D eigenvalue weighted by Gasteiger charge is -2.38. The van der Waals surface area contributed by atoms with Crippen molar-refractivity contribution in [2.24, 2.45) is 0 Å². The van der Waals surface area contributed by atoms with Crippen LogP contribution in [0, 0.1) is 0 Å². The zero-order valence-corrected chi connectivity index (χ0v) is 10.6. The van der Waals surface area contributed by atoms with Crippen molar-refractivity contribution < 1.29 is 4.80 Å². The van der Waals surface area contributed by atoms with Crippen LogP contribution in [0.25, 0.3) is 0 Å². The second kappa shape index (κ2) is 3.92. The smallest absolute Gasteiger partial charge is 0.183 e. The summed E-state index contributed by atoms with van der Waals surface area (Å²) in [5.41, 5.74) is 0. The van der Waals surface area contributed by atoms with Crippen LogP contribution in [0.1, 0.15) is 54.4 Å². The third kappa shape index (κ3) is 2.59. The van der Waals surface area contributed by atoms with E-state index >= 15 is 0 Å². The number of hydrogen-bond acceptors (Lipinski definition) is 1. The van der Waals surface area contributed by atoms with Crippen LogP contribution in [-0.4, -0.2) is 13.8 Å². The van der Waals surface area contributed by atoms with Gasteiger partial charge < -0.3 is 4.80 Å². The van der Waals surface area contributed by atoms with Crippen LogP contribution in [0.4, 0.5) is 0 Å². The second-order valence-electron chi connectivity index (χ2n) is 5.09. The van der Waals surface area contributed by atoms with Gasteiger partial charge in [-0.05, 0) is 10.1 Å². The molecule has 0 spiro atoms. The van der Waals surface area contributed by atoms with E-state index in [0.717, 1.165) is 12.8 Å². The molecule has 74 valence electrons. The normalized spacial score (nSPS) is 14.0. The van der Waals surface area contributed by atoms with Gasteiger partial charge in [0.1, 0.15) is 0 Å².